The third kappa shape index (κ3) is 9.02. The van der Waals surface area contributed by atoms with E-state index in [-0.39, 0.29) is 5.97 Å². The lowest BCUT2D eigenvalue weighted by Gasteiger charge is -2.08. The van der Waals surface area contributed by atoms with Gasteiger partial charge < -0.3 is 4.74 Å². The maximum atomic E-state index is 11.2. The molecule has 0 fully saturated rings. The fourth-order valence-electron chi connectivity index (χ4n) is 1.63. The van der Waals surface area contributed by atoms with Crippen LogP contribution in [0.25, 0.3) is 0 Å². The number of carbonyl (C=O) groups is 1. The Kier molecular flexibility index (Phi) is 11.1. The molecule has 0 amide bonds. The molecule has 0 aliphatic rings. The highest BCUT2D eigenvalue weighted by molar-refractivity contribution is 6.29. The van der Waals surface area contributed by atoms with Crippen LogP contribution in [0.2, 0.25) is 0 Å². The minimum atomic E-state index is -0.449. The quantitative estimate of drug-likeness (QED) is 0.327. The Morgan fingerprint density at radius 1 is 1.06 bits per heavy atom. The molecule has 0 aliphatic carbocycles. The van der Waals surface area contributed by atoms with Crippen molar-refractivity contribution in [1.82, 2.24) is 0 Å². The molecule has 0 rings (SSSR count). The van der Waals surface area contributed by atoms with Crippen molar-refractivity contribution in [2.45, 2.75) is 70.6 Å². The summed E-state index contributed by atoms with van der Waals surface area (Å²) in [5.74, 6) is -0.268. The van der Waals surface area contributed by atoms with Crippen LogP contribution in [0.15, 0.2) is 0 Å². The van der Waals surface area contributed by atoms with E-state index >= 15 is 0 Å². The third-order valence-electron chi connectivity index (χ3n) is 2.60. The van der Waals surface area contributed by atoms with Crippen LogP contribution in [0, 0.1) is 0 Å². The second kappa shape index (κ2) is 11.3. The van der Waals surface area contributed by atoms with Gasteiger partial charge in [-0.1, -0.05) is 51.9 Å². The fourth-order valence-corrected chi connectivity index (χ4v) is 1.85. The molecule has 2 nitrogen and oxygen atoms in total. The van der Waals surface area contributed by atoms with Crippen molar-refractivity contribution in [1.29, 1.82) is 0 Å². The Labute approximate surface area is 105 Å². The van der Waals surface area contributed by atoms with Gasteiger partial charge in [0.25, 0.3) is 0 Å². The number of alkyl halides is 1. The highest BCUT2D eigenvalue weighted by Gasteiger charge is 2.15. The Bertz CT molecular complexity index is 171. The first-order valence-electron chi connectivity index (χ1n) is 6.53. The summed E-state index contributed by atoms with van der Waals surface area (Å²) in [5, 5.41) is -0.449. The molecule has 0 aromatic rings. The lowest BCUT2D eigenvalue weighted by molar-refractivity contribution is -0.142. The summed E-state index contributed by atoms with van der Waals surface area (Å²) in [7, 11) is 0. The normalized spacial score (nSPS) is 12.4. The van der Waals surface area contributed by atoms with Crippen LogP contribution in [0.4, 0.5) is 0 Å². The summed E-state index contributed by atoms with van der Waals surface area (Å²) in [5.41, 5.74) is 0. The van der Waals surface area contributed by atoms with Gasteiger partial charge >= 0.3 is 5.97 Å². The zero-order chi connectivity index (χ0) is 12.2. The van der Waals surface area contributed by atoms with E-state index in [0.29, 0.717) is 6.61 Å². The van der Waals surface area contributed by atoms with Crippen molar-refractivity contribution < 1.29 is 9.53 Å². The van der Waals surface area contributed by atoms with Gasteiger partial charge in [0.05, 0.1) is 6.61 Å². The lowest BCUT2D eigenvalue weighted by Crippen LogP contribution is -2.17. The molecule has 0 saturated heterocycles. The highest BCUT2D eigenvalue weighted by atomic mass is 35.5. The first-order chi connectivity index (χ1) is 7.72. The van der Waals surface area contributed by atoms with Crippen LogP contribution in [0.5, 0.6) is 0 Å². The summed E-state index contributed by atoms with van der Waals surface area (Å²) in [4.78, 5) is 11.2. The number of halogens is 1. The largest absolute Gasteiger partial charge is 0.465 e. The van der Waals surface area contributed by atoms with Gasteiger partial charge in [0.15, 0.2) is 0 Å². The van der Waals surface area contributed by atoms with Gasteiger partial charge in [-0.05, 0) is 13.3 Å². The second-order valence-electron chi connectivity index (χ2n) is 4.13. The molecule has 0 aromatic carbocycles. The molecule has 0 heterocycles. The van der Waals surface area contributed by atoms with Crippen LogP contribution < -0.4 is 0 Å². The zero-order valence-electron chi connectivity index (χ0n) is 10.6. The number of rotatable bonds is 10. The standard InChI is InChI=1S/C13H25ClO2/c1-3-5-6-7-8-9-10-11-12(14)13(15)16-4-2/h12H,3-11H2,1-2H3. The van der Waals surface area contributed by atoms with E-state index in [1.807, 2.05) is 0 Å². The second-order valence-corrected chi connectivity index (χ2v) is 4.66. The number of carbonyl (C=O) groups excluding carboxylic acids is 1. The van der Waals surface area contributed by atoms with Crippen molar-refractivity contribution in [3.05, 3.63) is 0 Å². The Morgan fingerprint density at radius 3 is 2.19 bits per heavy atom. The van der Waals surface area contributed by atoms with Crippen LogP contribution >= 0.6 is 11.6 Å². The molecule has 96 valence electrons. The maximum absolute atomic E-state index is 11.2. The number of esters is 1. The third-order valence-corrected chi connectivity index (χ3v) is 3.00. The lowest BCUT2D eigenvalue weighted by atomic mass is 10.1. The monoisotopic (exact) mass is 248 g/mol. The SMILES string of the molecule is CCCCCCCCCC(Cl)C(=O)OCC. The minimum absolute atomic E-state index is 0.268. The van der Waals surface area contributed by atoms with Crippen molar-refractivity contribution in [2.24, 2.45) is 0 Å². The number of hydrogen-bond donors (Lipinski definition) is 0. The number of hydrogen-bond acceptors (Lipinski definition) is 2. The summed E-state index contributed by atoms with van der Waals surface area (Å²) in [6, 6.07) is 0. The average molecular weight is 249 g/mol. The molecule has 0 bridgehead atoms. The maximum Gasteiger partial charge on any atom is 0.324 e. The van der Waals surface area contributed by atoms with Gasteiger partial charge in [-0.15, -0.1) is 11.6 Å². The highest BCUT2D eigenvalue weighted by Crippen LogP contribution is 2.13. The van der Waals surface area contributed by atoms with Gasteiger partial charge in [-0.2, -0.15) is 0 Å². The van der Waals surface area contributed by atoms with Crippen molar-refractivity contribution >= 4 is 17.6 Å². The molecular weight excluding hydrogens is 224 g/mol. The molecule has 0 aliphatic heterocycles. The molecule has 0 spiro atoms. The molecule has 0 N–H and O–H groups in total. The molecule has 1 atom stereocenters. The van der Waals surface area contributed by atoms with Crippen LogP contribution in [-0.2, 0) is 9.53 Å². The van der Waals surface area contributed by atoms with Crippen LogP contribution in [-0.4, -0.2) is 18.0 Å². The number of unbranched alkanes of at least 4 members (excludes halogenated alkanes) is 6. The molecule has 0 aromatic heterocycles. The van der Waals surface area contributed by atoms with Gasteiger partial charge in [0, 0.05) is 0 Å². The molecule has 0 saturated carbocycles. The van der Waals surface area contributed by atoms with E-state index in [0.717, 1.165) is 12.8 Å². The smallest absolute Gasteiger partial charge is 0.324 e. The van der Waals surface area contributed by atoms with E-state index in [1.54, 1.807) is 6.92 Å². The zero-order valence-corrected chi connectivity index (χ0v) is 11.4. The van der Waals surface area contributed by atoms with Crippen LogP contribution in [0.3, 0.4) is 0 Å². The minimum Gasteiger partial charge on any atom is -0.465 e. The Hall–Kier alpha value is -0.240. The molecule has 3 heteroatoms. The summed E-state index contributed by atoms with van der Waals surface area (Å²) in [6.07, 6.45) is 9.46. The summed E-state index contributed by atoms with van der Waals surface area (Å²) in [6.45, 7) is 4.44. The van der Waals surface area contributed by atoms with Gasteiger partial charge in [0.2, 0.25) is 0 Å². The van der Waals surface area contributed by atoms with Gasteiger partial charge in [-0.25, -0.2) is 0 Å². The topological polar surface area (TPSA) is 26.3 Å². The Morgan fingerprint density at radius 2 is 1.62 bits per heavy atom. The van der Waals surface area contributed by atoms with E-state index in [9.17, 15) is 4.79 Å². The van der Waals surface area contributed by atoms with E-state index in [2.05, 4.69) is 6.92 Å². The first-order valence-corrected chi connectivity index (χ1v) is 6.96. The summed E-state index contributed by atoms with van der Waals surface area (Å²) < 4.78 is 4.84. The van der Waals surface area contributed by atoms with Crippen molar-refractivity contribution in [3.63, 3.8) is 0 Å². The van der Waals surface area contributed by atoms with E-state index < -0.39 is 5.38 Å². The molecular formula is C13H25ClO2. The predicted molar refractivity (Wildman–Crippen MR) is 68.9 cm³/mol. The predicted octanol–water partition coefficient (Wildman–Crippen LogP) is 4.30. The average Bonchev–Trinajstić information content (AvgIpc) is 2.28. The van der Waals surface area contributed by atoms with E-state index in [1.165, 1.54) is 38.5 Å². The molecule has 1 unspecified atom stereocenters. The van der Waals surface area contributed by atoms with E-state index in [4.69, 9.17) is 16.3 Å². The number of ether oxygens (including phenoxy) is 1. The summed E-state index contributed by atoms with van der Waals surface area (Å²) >= 11 is 5.90. The van der Waals surface area contributed by atoms with Gasteiger partial charge in [-0.3, -0.25) is 4.79 Å². The van der Waals surface area contributed by atoms with Crippen molar-refractivity contribution in [2.75, 3.05) is 6.61 Å². The van der Waals surface area contributed by atoms with Gasteiger partial charge in [0.1, 0.15) is 5.38 Å². The Balaban J connectivity index is 3.27. The van der Waals surface area contributed by atoms with Crippen LogP contribution in [0.1, 0.15) is 65.2 Å². The molecule has 16 heavy (non-hydrogen) atoms. The first kappa shape index (κ1) is 15.8. The van der Waals surface area contributed by atoms with Crippen molar-refractivity contribution in [3.8, 4) is 0 Å². The fraction of sp³-hybridized carbons (Fsp3) is 0.923. The molecule has 0 radical (unpaired) electrons.